The number of amides is 1. The minimum absolute atomic E-state index is 0.0916. The van der Waals surface area contributed by atoms with Crippen LogP contribution < -0.4 is 0 Å². The minimum Gasteiger partial charge on any atom is -0.396 e. The Morgan fingerprint density at radius 2 is 2.36 bits per heavy atom. The smallest absolute Gasteiger partial charge is 0.298 e. The molecule has 0 aromatic rings. The first-order chi connectivity index (χ1) is 5.26. The topological polar surface area (TPSA) is 40.5 Å². The summed E-state index contributed by atoms with van der Waals surface area (Å²) in [5.41, 5.74) is 0. The lowest BCUT2D eigenvalue weighted by molar-refractivity contribution is -0.125. The molecule has 0 fully saturated rings. The van der Waals surface area contributed by atoms with E-state index in [4.69, 9.17) is 11.5 Å². The molecule has 0 saturated heterocycles. The van der Waals surface area contributed by atoms with Gasteiger partial charge in [0.15, 0.2) is 0 Å². The second-order valence-electron chi connectivity index (χ2n) is 2.11. The summed E-state index contributed by atoms with van der Waals surface area (Å²) in [6, 6.07) is 0. The number of terminal acetylenes is 1. The van der Waals surface area contributed by atoms with Crippen LogP contribution in [0.1, 0.15) is 13.3 Å². The fourth-order valence-electron chi connectivity index (χ4n) is 0.756. The molecule has 0 aliphatic carbocycles. The van der Waals surface area contributed by atoms with Crippen LogP contribution in [0.15, 0.2) is 0 Å². The summed E-state index contributed by atoms with van der Waals surface area (Å²) in [5, 5.41) is 8.48. The van der Waals surface area contributed by atoms with E-state index in [-0.39, 0.29) is 12.5 Å². The highest BCUT2D eigenvalue weighted by molar-refractivity contribution is 5.92. The maximum Gasteiger partial charge on any atom is 0.298 e. The zero-order chi connectivity index (χ0) is 8.69. The molecule has 0 spiro atoms. The predicted octanol–water partition coefficient (Wildman–Crippen LogP) is -0.149. The second kappa shape index (κ2) is 5.75. The molecule has 1 N–H and O–H groups in total. The largest absolute Gasteiger partial charge is 0.396 e. The van der Waals surface area contributed by atoms with E-state index < -0.39 is 0 Å². The highest BCUT2D eigenvalue weighted by Gasteiger charge is 2.06. The Bertz CT molecular complexity index is 160. The van der Waals surface area contributed by atoms with Crippen molar-refractivity contribution in [3.63, 3.8) is 0 Å². The van der Waals surface area contributed by atoms with Gasteiger partial charge in [-0.25, -0.2) is 0 Å². The van der Waals surface area contributed by atoms with Crippen molar-refractivity contribution in [3.8, 4) is 12.3 Å². The second-order valence-corrected chi connectivity index (χ2v) is 2.11. The normalized spacial score (nSPS) is 8.82. The number of rotatable bonds is 4. The fourth-order valence-corrected chi connectivity index (χ4v) is 0.756. The van der Waals surface area contributed by atoms with E-state index in [1.54, 1.807) is 0 Å². The molecule has 0 rings (SSSR count). The third-order valence-corrected chi connectivity index (χ3v) is 1.38. The van der Waals surface area contributed by atoms with Crippen molar-refractivity contribution in [2.75, 3.05) is 19.7 Å². The molecular formula is C8H13NO2. The van der Waals surface area contributed by atoms with Gasteiger partial charge < -0.3 is 10.0 Å². The summed E-state index contributed by atoms with van der Waals surface area (Å²) in [6.45, 7) is 3.08. The Morgan fingerprint density at radius 3 is 2.73 bits per heavy atom. The Kier molecular flexibility index (Phi) is 5.22. The SMILES string of the molecule is C#CC(=O)N(CC)CCCO. The van der Waals surface area contributed by atoms with Gasteiger partial charge in [0.25, 0.3) is 5.91 Å². The molecule has 1 amide bonds. The van der Waals surface area contributed by atoms with Crippen molar-refractivity contribution in [1.29, 1.82) is 0 Å². The molecule has 3 nitrogen and oxygen atoms in total. The van der Waals surface area contributed by atoms with E-state index in [0.717, 1.165) is 0 Å². The van der Waals surface area contributed by atoms with Crippen LogP contribution in [0.5, 0.6) is 0 Å². The number of carbonyl (C=O) groups excluding carboxylic acids is 1. The molecule has 0 aromatic carbocycles. The molecule has 0 aliphatic heterocycles. The lowest BCUT2D eigenvalue weighted by atomic mass is 10.4. The maximum atomic E-state index is 10.9. The first-order valence-electron chi connectivity index (χ1n) is 3.62. The van der Waals surface area contributed by atoms with Crippen LogP contribution in [0, 0.1) is 12.3 Å². The zero-order valence-electron chi connectivity index (χ0n) is 6.71. The van der Waals surface area contributed by atoms with Crippen LogP contribution in [0.2, 0.25) is 0 Å². The molecule has 0 unspecified atom stereocenters. The summed E-state index contributed by atoms with van der Waals surface area (Å²) in [7, 11) is 0. The number of hydrogen-bond donors (Lipinski definition) is 1. The molecule has 11 heavy (non-hydrogen) atoms. The summed E-state index contributed by atoms with van der Waals surface area (Å²) in [5.74, 6) is 1.73. The van der Waals surface area contributed by atoms with Gasteiger partial charge in [0.1, 0.15) is 0 Å². The van der Waals surface area contributed by atoms with Gasteiger partial charge >= 0.3 is 0 Å². The molecule has 0 bridgehead atoms. The van der Waals surface area contributed by atoms with E-state index in [2.05, 4.69) is 0 Å². The first kappa shape index (κ1) is 9.99. The third kappa shape index (κ3) is 3.64. The van der Waals surface area contributed by atoms with Gasteiger partial charge in [-0.1, -0.05) is 0 Å². The Labute approximate surface area is 67.0 Å². The van der Waals surface area contributed by atoms with Gasteiger partial charge in [-0.3, -0.25) is 4.79 Å². The van der Waals surface area contributed by atoms with Crippen molar-refractivity contribution in [2.24, 2.45) is 0 Å². The summed E-state index contributed by atoms with van der Waals surface area (Å²) in [6.07, 6.45) is 5.50. The van der Waals surface area contributed by atoms with Crippen molar-refractivity contribution < 1.29 is 9.90 Å². The lowest BCUT2D eigenvalue weighted by Gasteiger charge is -2.16. The zero-order valence-corrected chi connectivity index (χ0v) is 6.71. The highest BCUT2D eigenvalue weighted by atomic mass is 16.3. The average molecular weight is 155 g/mol. The molecule has 0 heterocycles. The molecule has 0 aromatic heterocycles. The van der Waals surface area contributed by atoms with Crippen molar-refractivity contribution in [2.45, 2.75) is 13.3 Å². The van der Waals surface area contributed by atoms with Gasteiger partial charge in [0, 0.05) is 19.7 Å². The van der Waals surface area contributed by atoms with E-state index >= 15 is 0 Å². The molecular weight excluding hydrogens is 142 g/mol. The van der Waals surface area contributed by atoms with Crippen molar-refractivity contribution in [3.05, 3.63) is 0 Å². The predicted molar refractivity (Wildman–Crippen MR) is 42.8 cm³/mol. The van der Waals surface area contributed by atoms with Gasteiger partial charge in [-0.15, -0.1) is 6.42 Å². The summed E-state index contributed by atoms with van der Waals surface area (Å²) < 4.78 is 0. The van der Waals surface area contributed by atoms with Crippen LogP contribution in [0.3, 0.4) is 0 Å². The van der Waals surface area contributed by atoms with Crippen LogP contribution in [0.25, 0.3) is 0 Å². The van der Waals surface area contributed by atoms with E-state index in [9.17, 15) is 4.79 Å². The van der Waals surface area contributed by atoms with Crippen LogP contribution in [-0.4, -0.2) is 35.6 Å². The third-order valence-electron chi connectivity index (χ3n) is 1.38. The van der Waals surface area contributed by atoms with Gasteiger partial charge in [-0.05, 0) is 19.3 Å². The van der Waals surface area contributed by atoms with Gasteiger partial charge in [0.2, 0.25) is 0 Å². The number of nitrogens with zero attached hydrogens (tertiary/aromatic N) is 1. The molecule has 62 valence electrons. The highest BCUT2D eigenvalue weighted by Crippen LogP contribution is 1.90. The number of carbonyl (C=O) groups is 1. The summed E-state index contributed by atoms with van der Waals surface area (Å²) >= 11 is 0. The Morgan fingerprint density at radius 1 is 1.73 bits per heavy atom. The Balaban J connectivity index is 3.77. The van der Waals surface area contributed by atoms with Crippen molar-refractivity contribution in [1.82, 2.24) is 4.90 Å². The van der Waals surface area contributed by atoms with Gasteiger partial charge in [-0.2, -0.15) is 0 Å². The maximum absolute atomic E-state index is 10.9. The van der Waals surface area contributed by atoms with Gasteiger partial charge in [0.05, 0.1) is 0 Å². The van der Waals surface area contributed by atoms with E-state index in [0.29, 0.717) is 19.5 Å². The van der Waals surface area contributed by atoms with E-state index in [1.165, 1.54) is 4.90 Å². The lowest BCUT2D eigenvalue weighted by Crippen LogP contribution is -2.30. The van der Waals surface area contributed by atoms with E-state index in [1.807, 2.05) is 12.8 Å². The molecule has 3 heteroatoms. The molecule has 0 radical (unpaired) electrons. The minimum atomic E-state index is -0.305. The summed E-state index contributed by atoms with van der Waals surface area (Å²) in [4.78, 5) is 12.4. The first-order valence-corrected chi connectivity index (χ1v) is 3.62. The van der Waals surface area contributed by atoms with Crippen molar-refractivity contribution >= 4 is 5.91 Å². The average Bonchev–Trinajstić information content (AvgIpc) is 2.05. The molecule has 0 saturated carbocycles. The van der Waals surface area contributed by atoms with Crippen LogP contribution in [0.4, 0.5) is 0 Å². The monoisotopic (exact) mass is 155 g/mol. The number of aliphatic hydroxyl groups is 1. The molecule has 0 atom stereocenters. The quantitative estimate of drug-likeness (QED) is 0.573. The standard InChI is InChI=1S/C8H13NO2/c1-3-8(11)9(4-2)6-5-7-10/h1,10H,4-7H2,2H3. The Hall–Kier alpha value is -1.01. The fraction of sp³-hybridized carbons (Fsp3) is 0.625. The van der Waals surface area contributed by atoms with Crippen LogP contribution in [-0.2, 0) is 4.79 Å². The number of hydrogen-bond acceptors (Lipinski definition) is 2. The molecule has 0 aliphatic rings. The number of aliphatic hydroxyl groups excluding tert-OH is 1. The van der Waals surface area contributed by atoms with Crippen LogP contribution >= 0.6 is 0 Å².